The van der Waals surface area contributed by atoms with Crippen LogP contribution in [0.2, 0.25) is 0 Å². The molecule has 0 bridgehead atoms. The Morgan fingerprint density at radius 1 is 0.970 bits per heavy atom. The molecule has 8 nitrogen and oxygen atoms in total. The van der Waals surface area contributed by atoms with Crippen molar-refractivity contribution in [3.8, 4) is 23.0 Å². The van der Waals surface area contributed by atoms with Gasteiger partial charge in [-0.2, -0.15) is 0 Å². The lowest BCUT2D eigenvalue weighted by molar-refractivity contribution is 0.0692. The molecular weight excluding hydrogens is 426 g/mol. The average Bonchev–Trinajstić information content (AvgIpc) is 2.70. The van der Waals surface area contributed by atoms with Crippen LogP contribution in [0.25, 0.3) is 0 Å². The molecule has 0 aliphatic rings. The van der Waals surface area contributed by atoms with Crippen LogP contribution in [-0.4, -0.2) is 36.3 Å². The van der Waals surface area contributed by atoms with Crippen LogP contribution in [0.4, 0.5) is 0 Å². The molecule has 2 aromatic rings. The van der Waals surface area contributed by atoms with Crippen LogP contribution in [0.1, 0.15) is 72.9 Å². The standard InChI is InChI=1S/C25H33NO7/c1-24(2,3)13-25(4,5)16-8-15(20(27)17(11-16)23(29)30)12-33-21-18(31-6)9-14(22(26)28)10-19(21)32-7/h8-11,27H,12-13H2,1-7H3,(H2,26,28)(H,29,30). The number of methoxy groups -OCH3 is 2. The van der Waals surface area contributed by atoms with Crippen molar-refractivity contribution >= 4 is 11.9 Å². The van der Waals surface area contributed by atoms with E-state index in [0.717, 1.165) is 12.0 Å². The van der Waals surface area contributed by atoms with Gasteiger partial charge in [-0.1, -0.05) is 34.6 Å². The maximum absolute atomic E-state index is 11.8. The molecule has 2 rings (SSSR count). The summed E-state index contributed by atoms with van der Waals surface area (Å²) in [6.07, 6.45) is 0.792. The van der Waals surface area contributed by atoms with Gasteiger partial charge in [0.15, 0.2) is 11.5 Å². The minimum Gasteiger partial charge on any atom is -0.507 e. The molecule has 0 aliphatic heterocycles. The van der Waals surface area contributed by atoms with Gasteiger partial charge < -0.3 is 30.2 Å². The van der Waals surface area contributed by atoms with E-state index in [-0.39, 0.29) is 51.6 Å². The lowest BCUT2D eigenvalue weighted by atomic mass is 9.71. The number of hydrogen-bond donors (Lipinski definition) is 3. The van der Waals surface area contributed by atoms with Crippen LogP contribution in [-0.2, 0) is 12.0 Å². The lowest BCUT2D eigenvalue weighted by Gasteiger charge is -2.33. The fourth-order valence-electron chi connectivity index (χ4n) is 4.10. The number of aromatic hydroxyl groups is 1. The van der Waals surface area contributed by atoms with E-state index in [4.69, 9.17) is 19.9 Å². The highest BCUT2D eigenvalue weighted by Gasteiger charge is 2.30. The van der Waals surface area contributed by atoms with Crippen molar-refractivity contribution in [1.82, 2.24) is 0 Å². The van der Waals surface area contributed by atoms with Crippen molar-refractivity contribution in [2.45, 2.75) is 53.1 Å². The first-order chi connectivity index (χ1) is 15.2. The Kier molecular flexibility index (Phi) is 7.52. The third-order valence-electron chi connectivity index (χ3n) is 5.29. The van der Waals surface area contributed by atoms with E-state index in [1.165, 1.54) is 32.4 Å². The zero-order chi connectivity index (χ0) is 25.1. The molecule has 2 aromatic carbocycles. The van der Waals surface area contributed by atoms with Crippen molar-refractivity contribution in [2.75, 3.05) is 14.2 Å². The Morgan fingerprint density at radius 3 is 1.94 bits per heavy atom. The molecule has 0 saturated carbocycles. The van der Waals surface area contributed by atoms with Crippen LogP contribution in [0.5, 0.6) is 23.0 Å². The molecule has 0 heterocycles. The van der Waals surface area contributed by atoms with E-state index in [0.29, 0.717) is 5.56 Å². The number of phenols is 1. The first kappa shape index (κ1) is 25.8. The normalized spacial score (nSPS) is 11.7. The molecule has 0 aliphatic carbocycles. The highest BCUT2D eigenvalue weighted by molar-refractivity contribution is 5.94. The Morgan fingerprint density at radius 2 is 1.52 bits per heavy atom. The van der Waals surface area contributed by atoms with Crippen LogP contribution < -0.4 is 19.9 Å². The zero-order valence-corrected chi connectivity index (χ0v) is 20.2. The smallest absolute Gasteiger partial charge is 0.339 e. The molecule has 0 radical (unpaired) electrons. The number of carbonyl (C=O) groups is 2. The summed E-state index contributed by atoms with van der Waals surface area (Å²) in [5.74, 6) is -1.64. The number of aromatic carboxylic acids is 1. The number of benzene rings is 2. The molecule has 4 N–H and O–H groups in total. The molecule has 8 heteroatoms. The number of amides is 1. The fourth-order valence-corrected chi connectivity index (χ4v) is 4.10. The molecule has 0 atom stereocenters. The number of hydrogen-bond acceptors (Lipinski definition) is 6. The van der Waals surface area contributed by atoms with E-state index >= 15 is 0 Å². The predicted octanol–water partition coefficient (Wildman–Crippen LogP) is 4.50. The molecule has 33 heavy (non-hydrogen) atoms. The van der Waals surface area contributed by atoms with E-state index in [1.54, 1.807) is 6.07 Å². The zero-order valence-electron chi connectivity index (χ0n) is 20.2. The van der Waals surface area contributed by atoms with Gasteiger partial charge in [0.05, 0.1) is 14.2 Å². The summed E-state index contributed by atoms with van der Waals surface area (Å²) in [4.78, 5) is 23.4. The van der Waals surface area contributed by atoms with Crippen molar-refractivity contribution < 1.29 is 34.0 Å². The summed E-state index contributed by atoms with van der Waals surface area (Å²) in [7, 11) is 2.81. The van der Waals surface area contributed by atoms with Gasteiger partial charge in [0.25, 0.3) is 0 Å². The number of nitrogens with two attached hydrogens (primary N) is 1. The fraction of sp³-hybridized carbons (Fsp3) is 0.440. The highest BCUT2D eigenvalue weighted by Crippen LogP contribution is 2.41. The second-order valence-corrected chi connectivity index (χ2v) is 9.82. The maximum Gasteiger partial charge on any atom is 0.339 e. The highest BCUT2D eigenvalue weighted by atomic mass is 16.5. The number of rotatable bonds is 9. The summed E-state index contributed by atoms with van der Waals surface area (Å²) in [6.45, 7) is 10.3. The van der Waals surface area contributed by atoms with Crippen LogP contribution >= 0.6 is 0 Å². The molecule has 180 valence electrons. The van der Waals surface area contributed by atoms with Gasteiger partial charge in [-0.25, -0.2) is 4.79 Å². The number of primary amides is 1. The minimum absolute atomic E-state index is 0.00431. The third-order valence-corrected chi connectivity index (χ3v) is 5.29. The Hall–Kier alpha value is -3.42. The summed E-state index contributed by atoms with van der Waals surface area (Å²) < 4.78 is 16.5. The van der Waals surface area contributed by atoms with Gasteiger partial charge in [0, 0.05) is 11.1 Å². The van der Waals surface area contributed by atoms with Gasteiger partial charge in [-0.3, -0.25) is 4.79 Å². The quantitative estimate of drug-likeness (QED) is 0.503. The van der Waals surface area contributed by atoms with Gasteiger partial charge in [-0.15, -0.1) is 0 Å². The topological polar surface area (TPSA) is 128 Å². The SMILES string of the molecule is COc1cc(C(N)=O)cc(OC)c1OCc1cc(C(C)(C)CC(C)(C)C)cc(C(=O)O)c1O. The minimum atomic E-state index is -1.23. The van der Waals surface area contributed by atoms with Crippen LogP contribution in [0.3, 0.4) is 0 Å². The molecule has 0 spiro atoms. The van der Waals surface area contributed by atoms with Gasteiger partial charge >= 0.3 is 5.97 Å². The number of ether oxygens (including phenoxy) is 3. The van der Waals surface area contributed by atoms with E-state index in [9.17, 15) is 19.8 Å². The van der Waals surface area contributed by atoms with Gasteiger partial charge in [-0.05, 0) is 47.1 Å². The van der Waals surface area contributed by atoms with E-state index in [1.807, 2.05) is 13.8 Å². The summed E-state index contributed by atoms with van der Waals surface area (Å²) in [6, 6.07) is 6.11. The number of carboxylic acid groups (broad SMARTS) is 1. The average molecular weight is 460 g/mol. The van der Waals surface area contributed by atoms with Crippen molar-refractivity contribution in [1.29, 1.82) is 0 Å². The number of carbonyl (C=O) groups excluding carboxylic acids is 1. The second-order valence-electron chi connectivity index (χ2n) is 9.82. The van der Waals surface area contributed by atoms with Crippen LogP contribution in [0.15, 0.2) is 24.3 Å². The molecule has 0 unspecified atom stereocenters. The largest absolute Gasteiger partial charge is 0.507 e. The summed E-state index contributed by atoms with van der Waals surface area (Å²) in [5.41, 5.74) is 6.06. The maximum atomic E-state index is 11.8. The first-order valence-electron chi connectivity index (χ1n) is 10.5. The van der Waals surface area contributed by atoms with Crippen molar-refractivity contribution in [3.05, 3.63) is 46.5 Å². The molecule has 0 fully saturated rings. The Balaban J connectivity index is 2.53. The van der Waals surface area contributed by atoms with E-state index < -0.39 is 11.9 Å². The summed E-state index contributed by atoms with van der Waals surface area (Å²) in [5, 5.41) is 20.3. The van der Waals surface area contributed by atoms with Gasteiger partial charge in [0.2, 0.25) is 11.7 Å². The lowest BCUT2D eigenvalue weighted by Crippen LogP contribution is -2.25. The van der Waals surface area contributed by atoms with Crippen LogP contribution in [0, 0.1) is 5.41 Å². The molecular formula is C25H33NO7. The van der Waals surface area contributed by atoms with E-state index in [2.05, 4.69) is 20.8 Å². The molecule has 1 amide bonds. The predicted molar refractivity (Wildman–Crippen MR) is 125 cm³/mol. The Bertz CT molecular complexity index is 1030. The summed E-state index contributed by atoms with van der Waals surface area (Å²) >= 11 is 0. The number of carboxylic acids is 1. The monoisotopic (exact) mass is 459 g/mol. The second kappa shape index (κ2) is 9.60. The molecule has 0 aromatic heterocycles. The first-order valence-corrected chi connectivity index (χ1v) is 10.5. The van der Waals surface area contributed by atoms with Crippen molar-refractivity contribution in [2.24, 2.45) is 11.1 Å². The van der Waals surface area contributed by atoms with Gasteiger partial charge in [0.1, 0.15) is 17.9 Å². The Labute approximate surface area is 194 Å². The molecule has 0 saturated heterocycles. The third kappa shape index (κ3) is 6.09. The van der Waals surface area contributed by atoms with Crippen molar-refractivity contribution in [3.63, 3.8) is 0 Å².